The Kier molecular flexibility index (Phi) is 4.11. The highest BCUT2D eigenvalue weighted by Crippen LogP contribution is 2.41. The molecule has 3 heterocycles. The van der Waals surface area contributed by atoms with Gasteiger partial charge in [-0.3, -0.25) is 0 Å². The van der Waals surface area contributed by atoms with Crippen LogP contribution in [0.25, 0.3) is 5.57 Å². The van der Waals surface area contributed by atoms with E-state index >= 15 is 0 Å². The first kappa shape index (κ1) is 14.3. The van der Waals surface area contributed by atoms with Crippen LogP contribution in [-0.4, -0.2) is 31.3 Å². The monoisotopic (exact) mass is 284 g/mol. The summed E-state index contributed by atoms with van der Waals surface area (Å²) in [4.78, 5) is 7.03. The maximum atomic E-state index is 5.47. The lowest BCUT2D eigenvalue weighted by molar-refractivity contribution is -0.000452. The van der Waals surface area contributed by atoms with Gasteiger partial charge in [0.05, 0.1) is 0 Å². The molecule has 2 fully saturated rings. The molecule has 0 atom stereocenters. The molecule has 0 saturated carbocycles. The molecule has 2 aliphatic heterocycles. The Morgan fingerprint density at radius 2 is 2.05 bits per heavy atom. The Bertz CT molecular complexity index is 531. The Labute approximate surface area is 127 Å². The maximum absolute atomic E-state index is 5.47. The average Bonchev–Trinajstić information content (AvgIpc) is 2.51. The normalized spacial score (nSPS) is 21.8. The number of anilines is 1. The lowest BCUT2D eigenvalue weighted by Gasteiger charge is -2.52. The second-order valence-corrected chi connectivity index (χ2v) is 6.25. The van der Waals surface area contributed by atoms with Crippen molar-refractivity contribution in [2.45, 2.75) is 26.7 Å². The zero-order chi connectivity index (χ0) is 14.7. The van der Waals surface area contributed by atoms with Gasteiger partial charge in [0.1, 0.15) is 5.82 Å². The Balaban J connectivity index is 1.63. The molecule has 0 radical (unpaired) electrons. The highest BCUT2D eigenvalue weighted by molar-refractivity contribution is 5.65. The van der Waals surface area contributed by atoms with E-state index in [4.69, 9.17) is 4.74 Å². The van der Waals surface area contributed by atoms with Crippen LogP contribution in [0.4, 0.5) is 5.82 Å². The third kappa shape index (κ3) is 3.03. The van der Waals surface area contributed by atoms with Crippen LogP contribution >= 0.6 is 0 Å². The molecule has 1 aromatic heterocycles. The largest absolute Gasteiger partial charge is 0.381 e. The number of aromatic nitrogens is 1. The van der Waals surface area contributed by atoms with Crippen molar-refractivity contribution in [2.75, 3.05) is 31.2 Å². The number of ether oxygens (including phenoxy) is 1. The molecule has 2 saturated heterocycles. The minimum Gasteiger partial charge on any atom is -0.381 e. The van der Waals surface area contributed by atoms with Gasteiger partial charge < -0.3 is 9.64 Å². The van der Waals surface area contributed by atoms with Crippen molar-refractivity contribution >= 4 is 11.4 Å². The van der Waals surface area contributed by atoms with Gasteiger partial charge in [-0.2, -0.15) is 0 Å². The molecular weight excluding hydrogens is 260 g/mol. The minimum atomic E-state index is 0.500. The zero-order valence-electron chi connectivity index (χ0n) is 13.0. The summed E-state index contributed by atoms with van der Waals surface area (Å²) < 4.78 is 5.47. The first-order valence-electron chi connectivity index (χ1n) is 7.81. The van der Waals surface area contributed by atoms with Crippen molar-refractivity contribution in [3.8, 4) is 0 Å². The number of hydrogen-bond acceptors (Lipinski definition) is 3. The molecule has 0 unspecified atom stereocenters. The van der Waals surface area contributed by atoms with Crippen molar-refractivity contribution in [1.82, 2.24) is 4.98 Å². The van der Waals surface area contributed by atoms with E-state index in [1.165, 1.54) is 24.0 Å². The molecule has 0 aromatic carbocycles. The third-order valence-electron chi connectivity index (χ3n) is 4.67. The van der Waals surface area contributed by atoms with Crippen molar-refractivity contribution < 1.29 is 4.74 Å². The molecule has 0 amide bonds. The van der Waals surface area contributed by atoms with Crippen molar-refractivity contribution in [3.05, 3.63) is 42.1 Å². The van der Waals surface area contributed by atoms with Gasteiger partial charge in [-0.15, -0.1) is 0 Å². The summed E-state index contributed by atoms with van der Waals surface area (Å²) >= 11 is 0. The lowest BCUT2D eigenvalue weighted by Crippen LogP contribution is -2.58. The molecule has 2 aliphatic rings. The molecule has 3 rings (SSSR count). The first-order chi connectivity index (χ1) is 10.2. The maximum Gasteiger partial charge on any atom is 0.128 e. The van der Waals surface area contributed by atoms with Gasteiger partial charge in [0.25, 0.3) is 0 Å². The van der Waals surface area contributed by atoms with Crippen LogP contribution in [-0.2, 0) is 4.74 Å². The van der Waals surface area contributed by atoms with Gasteiger partial charge in [0, 0.05) is 37.9 Å². The van der Waals surface area contributed by atoms with E-state index in [1.807, 2.05) is 19.2 Å². The van der Waals surface area contributed by atoms with Crippen LogP contribution in [0.1, 0.15) is 32.3 Å². The van der Waals surface area contributed by atoms with E-state index in [0.717, 1.165) is 32.1 Å². The highest BCUT2D eigenvalue weighted by Gasteiger charge is 2.44. The summed E-state index contributed by atoms with van der Waals surface area (Å²) in [5, 5.41) is 0. The lowest BCUT2D eigenvalue weighted by atomic mass is 9.73. The molecule has 3 nitrogen and oxygen atoms in total. The topological polar surface area (TPSA) is 25.4 Å². The quantitative estimate of drug-likeness (QED) is 0.792. The molecule has 1 aromatic rings. The average molecular weight is 284 g/mol. The van der Waals surface area contributed by atoms with E-state index < -0.39 is 0 Å². The Morgan fingerprint density at radius 3 is 2.67 bits per heavy atom. The molecule has 3 heteroatoms. The summed E-state index contributed by atoms with van der Waals surface area (Å²) in [6, 6.07) is 4.32. The summed E-state index contributed by atoms with van der Waals surface area (Å²) in [6.45, 7) is 8.27. The van der Waals surface area contributed by atoms with Crippen molar-refractivity contribution in [3.63, 3.8) is 0 Å². The second-order valence-electron chi connectivity index (χ2n) is 6.25. The van der Waals surface area contributed by atoms with Gasteiger partial charge >= 0.3 is 0 Å². The molecule has 0 bridgehead atoms. The Hall–Kier alpha value is -1.61. The third-order valence-corrected chi connectivity index (χ3v) is 4.67. The summed E-state index contributed by atoms with van der Waals surface area (Å²) in [7, 11) is 0. The summed E-state index contributed by atoms with van der Waals surface area (Å²) in [6.07, 6.45) is 10.6. The molecular formula is C18H24N2O. The predicted octanol–water partition coefficient (Wildman–Crippen LogP) is 3.68. The van der Waals surface area contributed by atoms with E-state index in [1.54, 1.807) is 0 Å². The SMILES string of the molecule is C/C=C\C=C(/C)c1ccc(N2CC3(CCOCC3)C2)nc1. The highest BCUT2D eigenvalue weighted by atomic mass is 16.5. The van der Waals surface area contributed by atoms with Crippen LogP contribution in [0.5, 0.6) is 0 Å². The van der Waals surface area contributed by atoms with E-state index in [9.17, 15) is 0 Å². The number of pyridine rings is 1. The predicted molar refractivity (Wildman–Crippen MR) is 87.4 cm³/mol. The molecule has 21 heavy (non-hydrogen) atoms. The van der Waals surface area contributed by atoms with E-state index in [0.29, 0.717) is 5.41 Å². The van der Waals surface area contributed by atoms with Gasteiger partial charge in [-0.05, 0) is 50.0 Å². The molecule has 112 valence electrons. The minimum absolute atomic E-state index is 0.500. The Morgan fingerprint density at radius 1 is 1.29 bits per heavy atom. The molecule has 0 aliphatic carbocycles. The van der Waals surface area contributed by atoms with Gasteiger partial charge in [0.2, 0.25) is 0 Å². The van der Waals surface area contributed by atoms with Crippen molar-refractivity contribution in [2.24, 2.45) is 5.41 Å². The van der Waals surface area contributed by atoms with Crippen LogP contribution in [0.15, 0.2) is 36.6 Å². The number of nitrogens with zero attached hydrogens (tertiary/aromatic N) is 2. The van der Waals surface area contributed by atoms with Crippen LogP contribution in [0, 0.1) is 5.41 Å². The fourth-order valence-electron chi connectivity index (χ4n) is 3.19. The van der Waals surface area contributed by atoms with E-state index in [2.05, 4.69) is 41.1 Å². The summed E-state index contributed by atoms with van der Waals surface area (Å²) in [5.74, 6) is 1.11. The second kappa shape index (κ2) is 6.02. The zero-order valence-corrected chi connectivity index (χ0v) is 13.0. The number of rotatable bonds is 3. The smallest absolute Gasteiger partial charge is 0.128 e. The fraction of sp³-hybridized carbons (Fsp3) is 0.500. The van der Waals surface area contributed by atoms with Crippen LogP contribution in [0.3, 0.4) is 0 Å². The first-order valence-corrected chi connectivity index (χ1v) is 7.81. The molecule has 1 spiro atoms. The molecule has 0 N–H and O–H groups in total. The van der Waals surface area contributed by atoms with Crippen molar-refractivity contribution in [1.29, 1.82) is 0 Å². The van der Waals surface area contributed by atoms with Gasteiger partial charge in [-0.1, -0.05) is 18.2 Å². The summed E-state index contributed by atoms with van der Waals surface area (Å²) in [5.41, 5.74) is 2.94. The van der Waals surface area contributed by atoms with Crippen LogP contribution < -0.4 is 4.90 Å². The van der Waals surface area contributed by atoms with E-state index in [-0.39, 0.29) is 0 Å². The van der Waals surface area contributed by atoms with Gasteiger partial charge in [-0.25, -0.2) is 4.98 Å². The fourth-order valence-corrected chi connectivity index (χ4v) is 3.19. The number of hydrogen-bond donors (Lipinski definition) is 0. The number of allylic oxidation sites excluding steroid dienone is 4. The van der Waals surface area contributed by atoms with Crippen LogP contribution in [0.2, 0.25) is 0 Å². The van der Waals surface area contributed by atoms with Gasteiger partial charge in [0.15, 0.2) is 0 Å². The standard InChI is InChI=1S/C18H24N2O/c1-3-4-5-15(2)16-6-7-17(19-12-16)20-13-18(14-20)8-10-21-11-9-18/h3-7,12H,8-11,13-14H2,1-2H3/b4-3-,15-5+.